The molecular formula is C16H29NO2. The predicted molar refractivity (Wildman–Crippen MR) is 77.0 cm³/mol. The third kappa shape index (κ3) is 3.57. The van der Waals surface area contributed by atoms with Crippen molar-refractivity contribution in [1.29, 1.82) is 0 Å². The van der Waals surface area contributed by atoms with Gasteiger partial charge in [-0.2, -0.15) is 0 Å². The number of carbonyl (C=O) groups excluding carboxylic acids is 1. The number of Topliss-reactive ketones (excluding diaryl/α,β-unsaturated/α-hetero) is 1. The summed E-state index contributed by atoms with van der Waals surface area (Å²) in [4.78, 5) is 15.0. The van der Waals surface area contributed by atoms with Gasteiger partial charge in [0.2, 0.25) is 0 Å². The van der Waals surface area contributed by atoms with Gasteiger partial charge in [0, 0.05) is 37.1 Å². The standard InChI is InChI=1S/C16H29NO2/c1-16(2)9-4-6-13(15(16)19)12-17(10-5-11-18)14-7-3-8-14/h13-14,18H,3-12H2,1-2H3. The molecule has 0 aromatic heterocycles. The minimum atomic E-state index is -0.120. The van der Waals surface area contributed by atoms with Crippen LogP contribution < -0.4 is 0 Å². The van der Waals surface area contributed by atoms with E-state index in [9.17, 15) is 4.79 Å². The Hall–Kier alpha value is -0.410. The van der Waals surface area contributed by atoms with Gasteiger partial charge in [-0.25, -0.2) is 0 Å². The van der Waals surface area contributed by atoms with E-state index in [1.807, 2.05) is 0 Å². The van der Waals surface area contributed by atoms with Gasteiger partial charge in [-0.1, -0.05) is 26.7 Å². The summed E-state index contributed by atoms with van der Waals surface area (Å²) in [5.74, 6) is 0.690. The van der Waals surface area contributed by atoms with Crippen LogP contribution in [0.1, 0.15) is 58.8 Å². The number of nitrogens with zero attached hydrogens (tertiary/aromatic N) is 1. The van der Waals surface area contributed by atoms with Crippen LogP contribution in [0.3, 0.4) is 0 Å². The molecule has 3 nitrogen and oxygen atoms in total. The van der Waals surface area contributed by atoms with Gasteiger partial charge in [0.05, 0.1) is 0 Å². The van der Waals surface area contributed by atoms with Crippen LogP contribution in [0.25, 0.3) is 0 Å². The third-order valence-electron chi connectivity index (χ3n) is 5.04. The summed E-state index contributed by atoms with van der Waals surface area (Å²) in [6.45, 7) is 6.33. The number of ketones is 1. The van der Waals surface area contributed by atoms with Gasteiger partial charge in [-0.05, 0) is 32.1 Å². The van der Waals surface area contributed by atoms with E-state index in [1.54, 1.807) is 0 Å². The zero-order chi connectivity index (χ0) is 13.9. The van der Waals surface area contributed by atoms with E-state index in [1.165, 1.54) is 25.7 Å². The summed E-state index contributed by atoms with van der Waals surface area (Å²) in [6, 6.07) is 0.671. The van der Waals surface area contributed by atoms with Gasteiger partial charge in [0.25, 0.3) is 0 Å². The van der Waals surface area contributed by atoms with E-state index in [2.05, 4.69) is 18.7 Å². The Bertz CT molecular complexity index is 310. The van der Waals surface area contributed by atoms with E-state index in [4.69, 9.17) is 5.11 Å². The zero-order valence-corrected chi connectivity index (χ0v) is 12.5. The van der Waals surface area contributed by atoms with Crippen molar-refractivity contribution in [3.05, 3.63) is 0 Å². The molecule has 0 radical (unpaired) electrons. The second-order valence-electron chi connectivity index (χ2n) is 6.99. The SMILES string of the molecule is CC1(C)CCCC(CN(CCCO)C2CCC2)C1=O. The average Bonchev–Trinajstić information content (AvgIpc) is 2.29. The minimum Gasteiger partial charge on any atom is -0.396 e. The van der Waals surface area contributed by atoms with Crippen molar-refractivity contribution in [3.8, 4) is 0 Å². The molecule has 1 unspecified atom stereocenters. The van der Waals surface area contributed by atoms with E-state index in [-0.39, 0.29) is 17.9 Å². The summed E-state index contributed by atoms with van der Waals surface area (Å²) < 4.78 is 0. The normalized spacial score (nSPS) is 27.6. The van der Waals surface area contributed by atoms with E-state index in [0.29, 0.717) is 11.8 Å². The predicted octanol–water partition coefficient (Wildman–Crippen LogP) is 2.62. The maximum absolute atomic E-state index is 12.5. The first-order valence-electron chi connectivity index (χ1n) is 7.94. The molecule has 2 fully saturated rings. The Morgan fingerprint density at radius 1 is 1.26 bits per heavy atom. The lowest BCUT2D eigenvalue weighted by Crippen LogP contribution is -2.47. The number of aliphatic hydroxyl groups is 1. The third-order valence-corrected chi connectivity index (χ3v) is 5.04. The van der Waals surface area contributed by atoms with Gasteiger partial charge in [-0.3, -0.25) is 9.69 Å². The summed E-state index contributed by atoms with van der Waals surface area (Å²) >= 11 is 0. The van der Waals surface area contributed by atoms with Gasteiger partial charge < -0.3 is 5.11 Å². The van der Waals surface area contributed by atoms with Crippen LogP contribution in [-0.2, 0) is 4.79 Å². The molecule has 0 saturated heterocycles. The summed E-state index contributed by atoms with van der Waals surface area (Å²) in [5.41, 5.74) is -0.120. The molecule has 2 saturated carbocycles. The monoisotopic (exact) mass is 267 g/mol. The van der Waals surface area contributed by atoms with Crippen LogP contribution in [0.5, 0.6) is 0 Å². The highest BCUT2D eigenvalue weighted by Crippen LogP contribution is 2.36. The Kier molecular flexibility index (Phi) is 5.02. The van der Waals surface area contributed by atoms with Crippen molar-refractivity contribution in [2.75, 3.05) is 19.7 Å². The molecule has 2 rings (SSSR count). The number of rotatable bonds is 6. The number of aliphatic hydroxyl groups excluding tert-OH is 1. The maximum Gasteiger partial charge on any atom is 0.142 e. The second-order valence-corrected chi connectivity index (χ2v) is 6.99. The zero-order valence-electron chi connectivity index (χ0n) is 12.5. The molecule has 3 heteroatoms. The van der Waals surface area contributed by atoms with Gasteiger partial charge >= 0.3 is 0 Å². The molecule has 0 amide bonds. The van der Waals surface area contributed by atoms with Gasteiger partial charge in [0.1, 0.15) is 5.78 Å². The molecule has 19 heavy (non-hydrogen) atoms. The Morgan fingerprint density at radius 3 is 2.58 bits per heavy atom. The first-order valence-corrected chi connectivity index (χ1v) is 7.94. The van der Waals surface area contributed by atoms with Gasteiger partial charge in [-0.15, -0.1) is 0 Å². The number of hydrogen-bond donors (Lipinski definition) is 1. The fourth-order valence-electron chi connectivity index (χ4n) is 3.50. The molecule has 0 bridgehead atoms. The van der Waals surface area contributed by atoms with E-state index in [0.717, 1.165) is 32.4 Å². The molecule has 1 N–H and O–H groups in total. The molecule has 0 spiro atoms. The highest BCUT2D eigenvalue weighted by atomic mass is 16.3. The van der Waals surface area contributed by atoms with Crippen molar-refractivity contribution < 1.29 is 9.90 Å². The van der Waals surface area contributed by atoms with Crippen molar-refractivity contribution in [2.24, 2.45) is 11.3 Å². The van der Waals surface area contributed by atoms with Crippen molar-refractivity contribution in [2.45, 2.75) is 64.8 Å². The number of hydrogen-bond acceptors (Lipinski definition) is 3. The molecule has 0 aromatic rings. The van der Waals surface area contributed by atoms with Crippen molar-refractivity contribution in [1.82, 2.24) is 4.90 Å². The molecular weight excluding hydrogens is 238 g/mol. The molecule has 1 atom stereocenters. The van der Waals surface area contributed by atoms with Crippen LogP contribution in [0.2, 0.25) is 0 Å². The van der Waals surface area contributed by atoms with Gasteiger partial charge in [0.15, 0.2) is 0 Å². The quantitative estimate of drug-likeness (QED) is 0.804. The number of carbonyl (C=O) groups is 1. The lowest BCUT2D eigenvalue weighted by atomic mass is 9.70. The van der Waals surface area contributed by atoms with Crippen LogP contribution >= 0.6 is 0 Å². The first-order chi connectivity index (χ1) is 9.04. The molecule has 2 aliphatic carbocycles. The highest BCUT2D eigenvalue weighted by molar-refractivity contribution is 5.87. The van der Waals surface area contributed by atoms with E-state index >= 15 is 0 Å². The highest BCUT2D eigenvalue weighted by Gasteiger charge is 2.38. The molecule has 0 aromatic carbocycles. The topological polar surface area (TPSA) is 40.5 Å². The summed E-state index contributed by atoms with van der Waals surface area (Å²) in [5, 5.41) is 9.03. The molecule has 110 valence electrons. The Balaban J connectivity index is 1.93. The van der Waals surface area contributed by atoms with Crippen molar-refractivity contribution >= 4 is 5.78 Å². The van der Waals surface area contributed by atoms with Crippen LogP contribution in [0.4, 0.5) is 0 Å². The summed E-state index contributed by atoms with van der Waals surface area (Å²) in [7, 11) is 0. The smallest absolute Gasteiger partial charge is 0.142 e. The average molecular weight is 267 g/mol. The Morgan fingerprint density at radius 2 is 2.00 bits per heavy atom. The van der Waals surface area contributed by atoms with Crippen molar-refractivity contribution in [3.63, 3.8) is 0 Å². The summed E-state index contributed by atoms with van der Waals surface area (Å²) in [6.07, 6.45) is 7.99. The second kappa shape index (κ2) is 6.36. The van der Waals surface area contributed by atoms with Crippen LogP contribution in [0, 0.1) is 11.3 Å². The molecule has 2 aliphatic rings. The first kappa shape index (κ1) is 15.0. The largest absolute Gasteiger partial charge is 0.396 e. The maximum atomic E-state index is 12.5. The molecule has 0 aliphatic heterocycles. The lowest BCUT2D eigenvalue weighted by Gasteiger charge is -2.42. The fourth-order valence-corrected chi connectivity index (χ4v) is 3.50. The van der Waals surface area contributed by atoms with E-state index < -0.39 is 0 Å². The van der Waals surface area contributed by atoms with Crippen LogP contribution in [0.15, 0.2) is 0 Å². The fraction of sp³-hybridized carbons (Fsp3) is 0.938. The minimum absolute atomic E-state index is 0.120. The lowest BCUT2D eigenvalue weighted by molar-refractivity contribution is -0.135. The van der Waals surface area contributed by atoms with Crippen LogP contribution in [-0.4, -0.2) is 41.5 Å². The molecule has 0 heterocycles. The Labute approximate surface area is 117 Å².